The highest BCUT2D eigenvalue weighted by molar-refractivity contribution is 6.06. The molecule has 4 aromatic rings. The van der Waals surface area contributed by atoms with E-state index in [1.54, 1.807) is 20.3 Å². The molecule has 0 spiro atoms. The van der Waals surface area contributed by atoms with Crippen LogP contribution >= 0.6 is 0 Å². The fourth-order valence-corrected chi connectivity index (χ4v) is 5.65. The van der Waals surface area contributed by atoms with Crippen LogP contribution in [-0.4, -0.2) is 92.9 Å². The van der Waals surface area contributed by atoms with Crippen LogP contribution in [0.25, 0.3) is 22.2 Å². The predicted molar refractivity (Wildman–Crippen MR) is 182 cm³/mol. The van der Waals surface area contributed by atoms with E-state index in [1.807, 2.05) is 32.1 Å². The lowest BCUT2D eigenvalue weighted by Gasteiger charge is -2.26. The second-order valence-corrected chi connectivity index (χ2v) is 11.5. The summed E-state index contributed by atoms with van der Waals surface area (Å²) in [7, 11) is 9.15. The van der Waals surface area contributed by atoms with Gasteiger partial charge in [-0.1, -0.05) is 24.8 Å². The molecule has 2 aromatic carbocycles. The minimum atomic E-state index is -0.339. The molecule has 242 valence electrons. The average Bonchev–Trinajstić information content (AvgIpc) is 3.44. The van der Waals surface area contributed by atoms with Crippen LogP contribution < -0.4 is 25.6 Å². The molecule has 1 aliphatic heterocycles. The molecule has 3 heterocycles. The number of nitrogens with one attached hydrogen (secondary N) is 3. The van der Waals surface area contributed by atoms with E-state index >= 15 is 0 Å². The van der Waals surface area contributed by atoms with E-state index in [4.69, 9.17) is 14.5 Å². The molecular weight excluding hydrogens is 584 g/mol. The van der Waals surface area contributed by atoms with Crippen LogP contribution in [-0.2, 0) is 22.5 Å². The summed E-state index contributed by atoms with van der Waals surface area (Å²) in [5.41, 5.74) is 6.05. The molecule has 1 aliphatic rings. The minimum absolute atomic E-state index is 0.267. The molecule has 0 fully saturated rings. The van der Waals surface area contributed by atoms with Crippen LogP contribution in [0.15, 0.2) is 55.4 Å². The fraction of sp³-hybridized carbons (Fsp3) is 0.353. The summed E-state index contributed by atoms with van der Waals surface area (Å²) in [4.78, 5) is 39.4. The van der Waals surface area contributed by atoms with Gasteiger partial charge in [-0.25, -0.2) is 9.97 Å². The van der Waals surface area contributed by atoms with Crippen LogP contribution in [0.2, 0.25) is 0 Å². The number of likely N-dealkylation sites (N-methyl/N-ethyl adjacent to an activating group) is 2. The lowest BCUT2D eigenvalue weighted by molar-refractivity contribution is -0.111. The Kier molecular flexibility index (Phi) is 10.2. The summed E-state index contributed by atoms with van der Waals surface area (Å²) < 4.78 is 13.2. The first-order valence-electron chi connectivity index (χ1n) is 15.3. The van der Waals surface area contributed by atoms with Gasteiger partial charge in [-0.05, 0) is 44.6 Å². The lowest BCUT2D eigenvalue weighted by Crippen LogP contribution is -2.29. The standard InChI is InChI=1S/C34H42N8O4/c1-7-30(43)37-26-18-27(29(46-6)19-28(26)41(4)16-15-40(2)3)38-34-36-20-24(33(44)35-13-17-45-5)31(39-34)25-21-42-14-9-11-22-10-8-12-23(25)32(22)42/h7-8,10,12,18-21H,1,9,11,13-17H2,2-6H3,(H,35,44)(H,37,43)(H,36,38,39). The molecule has 0 unspecified atom stereocenters. The highest BCUT2D eigenvalue weighted by Crippen LogP contribution is 2.39. The van der Waals surface area contributed by atoms with E-state index in [2.05, 4.69) is 61.4 Å². The van der Waals surface area contributed by atoms with E-state index in [-0.39, 0.29) is 17.8 Å². The summed E-state index contributed by atoms with van der Waals surface area (Å²) in [5, 5.41) is 10.1. The van der Waals surface area contributed by atoms with Gasteiger partial charge in [0.05, 0.1) is 47.6 Å². The number of aromatic nitrogens is 3. The number of ether oxygens (including phenoxy) is 2. The minimum Gasteiger partial charge on any atom is -0.494 e. The van der Waals surface area contributed by atoms with Crippen LogP contribution in [0, 0.1) is 0 Å². The molecule has 2 aromatic heterocycles. The predicted octanol–water partition coefficient (Wildman–Crippen LogP) is 4.30. The molecule has 12 heteroatoms. The van der Waals surface area contributed by atoms with Gasteiger partial charge in [0.1, 0.15) is 5.75 Å². The molecule has 0 bridgehead atoms. The molecule has 0 aliphatic carbocycles. The molecule has 0 saturated heterocycles. The van der Waals surface area contributed by atoms with E-state index in [0.717, 1.165) is 49.1 Å². The number of benzene rings is 2. The molecule has 2 amide bonds. The first-order chi connectivity index (χ1) is 22.2. The Bertz CT molecular complexity index is 1750. The molecule has 46 heavy (non-hydrogen) atoms. The number of hydrogen-bond donors (Lipinski definition) is 3. The zero-order valence-electron chi connectivity index (χ0n) is 27.1. The first kappa shape index (κ1) is 32.5. The summed E-state index contributed by atoms with van der Waals surface area (Å²) in [6, 6.07) is 9.93. The van der Waals surface area contributed by atoms with Crippen LogP contribution in [0.1, 0.15) is 22.3 Å². The summed E-state index contributed by atoms with van der Waals surface area (Å²) in [5.74, 6) is 0.168. The topological polar surface area (TPSA) is 126 Å². The van der Waals surface area contributed by atoms with Crippen molar-refractivity contribution in [3.05, 3.63) is 66.5 Å². The Labute approximate surface area is 269 Å². The second-order valence-electron chi connectivity index (χ2n) is 11.5. The van der Waals surface area contributed by atoms with Crippen molar-refractivity contribution in [3.8, 4) is 17.0 Å². The second kappa shape index (κ2) is 14.4. The molecule has 0 atom stereocenters. The number of anilines is 4. The Morgan fingerprint density at radius 2 is 1.96 bits per heavy atom. The summed E-state index contributed by atoms with van der Waals surface area (Å²) >= 11 is 0. The highest BCUT2D eigenvalue weighted by Gasteiger charge is 2.24. The number of methoxy groups -OCH3 is 2. The maximum absolute atomic E-state index is 13.4. The number of carbonyl (C=O) groups excluding carboxylic acids is 2. The largest absolute Gasteiger partial charge is 0.494 e. The SMILES string of the molecule is C=CC(=O)Nc1cc(Nc2ncc(C(=O)NCCOC)c(-c3cn4c5c(cccc35)CCC4)n2)c(OC)cc1N(C)CCN(C)C. The quantitative estimate of drug-likeness (QED) is 0.139. The molecule has 0 saturated carbocycles. The van der Waals surface area contributed by atoms with Gasteiger partial charge in [-0.2, -0.15) is 0 Å². The van der Waals surface area contributed by atoms with E-state index in [1.165, 1.54) is 23.4 Å². The lowest BCUT2D eigenvalue weighted by atomic mass is 10.0. The molecule has 3 N–H and O–H groups in total. The van der Waals surface area contributed by atoms with Crippen LogP contribution in [0.5, 0.6) is 5.75 Å². The number of hydrogen-bond acceptors (Lipinski definition) is 9. The number of aryl methyl sites for hydroxylation is 2. The smallest absolute Gasteiger partial charge is 0.255 e. The third-order valence-corrected chi connectivity index (χ3v) is 8.01. The van der Waals surface area contributed by atoms with Gasteiger partial charge < -0.3 is 39.8 Å². The zero-order chi connectivity index (χ0) is 32.8. The number of para-hydroxylation sites is 1. The van der Waals surface area contributed by atoms with Crippen molar-refractivity contribution in [3.63, 3.8) is 0 Å². The number of carbonyl (C=O) groups is 2. The molecular formula is C34H42N8O4. The fourth-order valence-electron chi connectivity index (χ4n) is 5.65. The van der Waals surface area contributed by atoms with Crippen molar-refractivity contribution in [1.29, 1.82) is 0 Å². The van der Waals surface area contributed by atoms with Gasteiger partial charge >= 0.3 is 0 Å². The Hall–Kier alpha value is -4.94. The normalized spacial score (nSPS) is 12.2. The van der Waals surface area contributed by atoms with E-state index in [0.29, 0.717) is 41.5 Å². The molecule has 0 radical (unpaired) electrons. The zero-order valence-corrected chi connectivity index (χ0v) is 27.1. The van der Waals surface area contributed by atoms with Crippen molar-refractivity contribution in [2.24, 2.45) is 0 Å². The molecule has 12 nitrogen and oxygen atoms in total. The Balaban J connectivity index is 1.58. The van der Waals surface area contributed by atoms with E-state index < -0.39 is 0 Å². The third kappa shape index (κ3) is 6.98. The highest BCUT2D eigenvalue weighted by atomic mass is 16.5. The van der Waals surface area contributed by atoms with Gasteiger partial charge in [0.15, 0.2) is 0 Å². The van der Waals surface area contributed by atoms with Gasteiger partial charge in [0.25, 0.3) is 5.91 Å². The maximum atomic E-state index is 13.4. The van der Waals surface area contributed by atoms with Crippen molar-refractivity contribution in [2.45, 2.75) is 19.4 Å². The Morgan fingerprint density at radius 1 is 1.13 bits per heavy atom. The average molecular weight is 627 g/mol. The van der Waals surface area contributed by atoms with Crippen LogP contribution in [0.3, 0.4) is 0 Å². The first-order valence-corrected chi connectivity index (χ1v) is 15.3. The monoisotopic (exact) mass is 626 g/mol. The van der Waals surface area contributed by atoms with Gasteiger partial charge in [0, 0.05) is 69.7 Å². The molecule has 5 rings (SSSR count). The van der Waals surface area contributed by atoms with Crippen molar-refractivity contribution >= 4 is 45.7 Å². The Morgan fingerprint density at radius 3 is 2.70 bits per heavy atom. The van der Waals surface area contributed by atoms with Crippen molar-refractivity contribution in [1.82, 2.24) is 24.8 Å². The third-order valence-electron chi connectivity index (χ3n) is 8.01. The van der Waals surface area contributed by atoms with Gasteiger partial charge in [0.2, 0.25) is 11.9 Å². The van der Waals surface area contributed by atoms with Crippen LogP contribution in [0.4, 0.5) is 23.0 Å². The van der Waals surface area contributed by atoms with E-state index in [9.17, 15) is 9.59 Å². The summed E-state index contributed by atoms with van der Waals surface area (Å²) in [6.07, 6.45) is 6.90. The van der Waals surface area contributed by atoms with Crippen molar-refractivity contribution < 1.29 is 19.1 Å². The van der Waals surface area contributed by atoms with Crippen molar-refractivity contribution in [2.75, 3.05) is 77.1 Å². The maximum Gasteiger partial charge on any atom is 0.255 e. The number of nitrogens with zero attached hydrogens (tertiary/aromatic N) is 5. The van der Waals surface area contributed by atoms with Gasteiger partial charge in [-0.15, -0.1) is 0 Å². The number of rotatable bonds is 14. The summed E-state index contributed by atoms with van der Waals surface area (Å²) in [6.45, 7) is 6.77. The number of amides is 2. The van der Waals surface area contributed by atoms with Gasteiger partial charge in [-0.3, -0.25) is 9.59 Å².